The van der Waals surface area contributed by atoms with Gasteiger partial charge in [-0.05, 0) is 48.0 Å². The zero-order chi connectivity index (χ0) is 20.0. The summed E-state index contributed by atoms with van der Waals surface area (Å²) in [6.45, 7) is 0. The van der Waals surface area contributed by atoms with Crippen LogP contribution in [0.2, 0.25) is 0 Å². The predicted octanol–water partition coefficient (Wildman–Crippen LogP) is 4.90. The molecule has 2 heterocycles. The maximum Gasteiger partial charge on any atom is 0.132 e. The monoisotopic (exact) mass is 378 g/mol. The Morgan fingerprint density at radius 3 is 2.17 bits per heavy atom. The van der Waals surface area contributed by atoms with E-state index in [2.05, 4.69) is 111 Å². The molecule has 0 saturated carbocycles. The molecular formula is C26H24N3+. The Labute approximate surface area is 170 Å². The van der Waals surface area contributed by atoms with E-state index in [1.165, 1.54) is 21.9 Å². The van der Waals surface area contributed by atoms with Gasteiger partial charge in [-0.15, -0.1) is 0 Å². The van der Waals surface area contributed by atoms with Gasteiger partial charge in [-0.25, -0.2) is 4.52 Å². The standard InChI is InChI=1S/C26H24N3/c1-29(2,3)21-15-13-19(14-16-21)17-23-22-11-7-8-12-25(22)28-26(23)18-24(27-28)20-9-5-4-6-10-20/h4-18H,1-3H3/q+1/b23-17+. The van der Waals surface area contributed by atoms with Gasteiger partial charge in [-0.2, -0.15) is 5.10 Å². The van der Waals surface area contributed by atoms with E-state index in [0.717, 1.165) is 26.8 Å². The third kappa shape index (κ3) is 3.10. The maximum absolute atomic E-state index is 4.91. The highest BCUT2D eigenvalue weighted by atomic mass is 15.3. The highest BCUT2D eigenvalue weighted by Crippen LogP contribution is 2.23. The SMILES string of the molecule is C[N+](C)(C)c1ccc(/C=c2\c3ccccc3n3nc(-c4ccccc4)cc23)cc1. The normalized spacial score (nSPS) is 12.9. The lowest BCUT2D eigenvalue weighted by molar-refractivity contribution is 0.486. The molecule has 0 unspecified atom stereocenters. The van der Waals surface area contributed by atoms with Gasteiger partial charge in [0.05, 0.1) is 37.9 Å². The second-order valence-electron chi connectivity index (χ2n) is 8.37. The highest BCUT2D eigenvalue weighted by molar-refractivity contribution is 5.91. The van der Waals surface area contributed by atoms with Crippen molar-refractivity contribution in [3.8, 4) is 11.3 Å². The molecule has 0 aliphatic rings. The number of benzene rings is 3. The molecule has 0 aliphatic heterocycles. The first-order valence-corrected chi connectivity index (χ1v) is 9.90. The van der Waals surface area contributed by atoms with Gasteiger partial charge < -0.3 is 0 Å². The Morgan fingerprint density at radius 2 is 1.45 bits per heavy atom. The van der Waals surface area contributed by atoms with Crippen LogP contribution in [0.3, 0.4) is 0 Å². The van der Waals surface area contributed by atoms with Crippen molar-refractivity contribution in [2.45, 2.75) is 0 Å². The molecule has 0 amide bonds. The lowest BCUT2D eigenvalue weighted by Crippen LogP contribution is -2.34. The van der Waals surface area contributed by atoms with Gasteiger partial charge in [0.2, 0.25) is 0 Å². The third-order valence-electron chi connectivity index (χ3n) is 5.46. The predicted molar refractivity (Wildman–Crippen MR) is 123 cm³/mol. The van der Waals surface area contributed by atoms with E-state index in [9.17, 15) is 0 Å². The van der Waals surface area contributed by atoms with E-state index in [1.54, 1.807) is 0 Å². The van der Waals surface area contributed by atoms with Gasteiger partial charge in [0.25, 0.3) is 0 Å². The number of nitrogens with zero attached hydrogens (tertiary/aromatic N) is 3. The van der Waals surface area contributed by atoms with Gasteiger partial charge in [-0.1, -0.05) is 48.5 Å². The molecule has 29 heavy (non-hydrogen) atoms. The van der Waals surface area contributed by atoms with Crippen LogP contribution in [0.5, 0.6) is 0 Å². The molecule has 3 aromatic carbocycles. The summed E-state index contributed by atoms with van der Waals surface area (Å²) in [6, 6.07) is 29.9. The summed E-state index contributed by atoms with van der Waals surface area (Å²) < 4.78 is 2.89. The lowest BCUT2D eigenvalue weighted by atomic mass is 10.1. The summed E-state index contributed by atoms with van der Waals surface area (Å²) in [7, 11) is 6.55. The van der Waals surface area contributed by atoms with Crippen molar-refractivity contribution in [2.75, 3.05) is 21.1 Å². The summed E-state index contributed by atoms with van der Waals surface area (Å²) in [5.41, 5.74) is 6.90. The van der Waals surface area contributed by atoms with E-state index < -0.39 is 0 Å². The molecule has 5 rings (SSSR count). The molecule has 0 bridgehead atoms. The molecule has 0 atom stereocenters. The molecular weight excluding hydrogens is 354 g/mol. The van der Waals surface area contributed by atoms with Gasteiger partial charge in [0, 0.05) is 16.2 Å². The Kier molecular flexibility index (Phi) is 4.00. The molecule has 2 aromatic heterocycles. The minimum atomic E-state index is 0.812. The number of hydrogen-bond donors (Lipinski definition) is 0. The van der Waals surface area contributed by atoms with Crippen molar-refractivity contribution in [1.29, 1.82) is 0 Å². The van der Waals surface area contributed by atoms with Crippen LogP contribution < -0.4 is 9.70 Å². The van der Waals surface area contributed by atoms with Crippen molar-refractivity contribution in [3.63, 3.8) is 0 Å². The van der Waals surface area contributed by atoms with Crippen LogP contribution >= 0.6 is 0 Å². The Morgan fingerprint density at radius 1 is 0.759 bits per heavy atom. The van der Waals surface area contributed by atoms with Gasteiger partial charge >= 0.3 is 0 Å². The molecule has 0 fully saturated rings. The largest absolute Gasteiger partial charge is 0.298 e. The van der Waals surface area contributed by atoms with Crippen LogP contribution in [-0.4, -0.2) is 30.8 Å². The summed E-state index contributed by atoms with van der Waals surface area (Å²) in [6.07, 6.45) is 2.27. The fraction of sp³-hybridized carbons (Fsp3) is 0.115. The zero-order valence-corrected chi connectivity index (χ0v) is 17.0. The summed E-state index contributed by atoms with van der Waals surface area (Å²) in [4.78, 5) is 0. The molecule has 3 heteroatoms. The molecule has 5 aromatic rings. The van der Waals surface area contributed by atoms with E-state index in [0.29, 0.717) is 0 Å². The molecule has 0 spiro atoms. The van der Waals surface area contributed by atoms with Crippen molar-refractivity contribution in [2.24, 2.45) is 0 Å². The van der Waals surface area contributed by atoms with Crippen molar-refractivity contribution < 1.29 is 0 Å². The fourth-order valence-electron chi connectivity index (χ4n) is 3.87. The van der Waals surface area contributed by atoms with Crippen LogP contribution in [0.25, 0.3) is 33.8 Å². The zero-order valence-electron chi connectivity index (χ0n) is 17.0. The lowest BCUT2D eigenvalue weighted by Gasteiger charge is -2.23. The van der Waals surface area contributed by atoms with Crippen LogP contribution in [0.1, 0.15) is 5.56 Å². The number of aromatic nitrogens is 2. The summed E-state index contributed by atoms with van der Waals surface area (Å²) >= 11 is 0. The first-order valence-electron chi connectivity index (χ1n) is 9.90. The van der Waals surface area contributed by atoms with Crippen molar-refractivity contribution in [3.05, 3.63) is 95.7 Å². The second kappa shape index (κ2) is 6.57. The van der Waals surface area contributed by atoms with Crippen LogP contribution in [0.15, 0.2) is 84.9 Å². The summed E-state index contributed by atoms with van der Waals surface area (Å²) in [5.74, 6) is 0. The highest BCUT2D eigenvalue weighted by Gasteiger charge is 2.13. The minimum Gasteiger partial charge on any atom is -0.298 e. The molecule has 0 saturated heterocycles. The van der Waals surface area contributed by atoms with E-state index >= 15 is 0 Å². The van der Waals surface area contributed by atoms with Crippen LogP contribution in [-0.2, 0) is 0 Å². The summed E-state index contributed by atoms with van der Waals surface area (Å²) in [5, 5.41) is 7.36. The topological polar surface area (TPSA) is 17.3 Å². The molecule has 0 radical (unpaired) electrons. The number of para-hydroxylation sites is 1. The molecule has 3 nitrogen and oxygen atoms in total. The number of hydrogen-bond acceptors (Lipinski definition) is 1. The second-order valence-corrected chi connectivity index (χ2v) is 8.37. The minimum absolute atomic E-state index is 0.812. The fourth-order valence-corrected chi connectivity index (χ4v) is 3.87. The molecule has 0 N–H and O–H groups in total. The first kappa shape index (κ1) is 17.7. The van der Waals surface area contributed by atoms with Crippen molar-refractivity contribution >= 4 is 28.2 Å². The van der Waals surface area contributed by atoms with Gasteiger partial charge in [0.1, 0.15) is 5.69 Å². The average Bonchev–Trinajstić information content (AvgIpc) is 3.28. The number of fused-ring (bicyclic) bond motifs is 3. The van der Waals surface area contributed by atoms with E-state index in [1.807, 2.05) is 6.07 Å². The quantitative estimate of drug-likeness (QED) is 0.408. The third-order valence-corrected chi connectivity index (χ3v) is 5.46. The van der Waals surface area contributed by atoms with E-state index in [4.69, 9.17) is 5.10 Å². The maximum atomic E-state index is 4.91. The Bertz CT molecular complexity index is 1360. The van der Waals surface area contributed by atoms with Crippen molar-refractivity contribution in [1.82, 2.24) is 14.1 Å². The first-order chi connectivity index (χ1) is 14.0. The average molecular weight is 378 g/mol. The van der Waals surface area contributed by atoms with Crippen LogP contribution in [0.4, 0.5) is 5.69 Å². The number of rotatable bonds is 3. The smallest absolute Gasteiger partial charge is 0.132 e. The molecule has 142 valence electrons. The Balaban J connectivity index is 1.73. The van der Waals surface area contributed by atoms with Gasteiger partial charge in [-0.3, -0.25) is 4.48 Å². The van der Waals surface area contributed by atoms with E-state index in [-0.39, 0.29) is 0 Å². The van der Waals surface area contributed by atoms with Crippen LogP contribution in [0, 0.1) is 0 Å². The Hall–Kier alpha value is -3.43. The number of quaternary nitrogens is 1. The molecule has 0 aliphatic carbocycles. The van der Waals surface area contributed by atoms with Gasteiger partial charge in [0.15, 0.2) is 0 Å².